The minimum Gasteiger partial charge on any atom is -0.338 e. The molecule has 0 saturated heterocycles. The monoisotopic (exact) mass is 362 g/mol. The number of nitrogens with zero attached hydrogens (tertiary/aromatic N) is 4. The molecule has 2 heterocycles. The van der Waals surface area contributed by atoms with Gasteiger partial charge in [-0.25, -0.2) is 4.98 Å². The maximum atomic E-state index is 5.91. The number of aryl methyl sites for hydroxylation is 1. The molecule has 26 heavy (non-hydrogen) atoms. The van der Waals surface area contributed by atoms with Crippen LogP contribution in [0.15, 0.2) is 60.9 Å². The molecule has 128 valence electrons. The highest BCUT2D eigenvalue weighted by Gasteiger charge is 2.07. The number of hydrogen-bond donors (Lipinski definition) is 2. The van der Waals surface area contributed by atoms with Crippen molar-refractivity contribution in [2.24, 2.45) is 0 Å². The zero-order valence-corrected chi connectivity index (χ0v) is 14.7. The maximum absolute atomic E-state index is 5.91. The molecule has 6 nitrogen and oxygen atoms in total. The van der Waals surface area contributed by atoms with E-state index in [1.165, 1.54) is 0 Å². The summed E-state index contributed by atoms with van der Waals surface area (Å²) >= 11 is 5.91. The van der Waals surface area contributed by atoms with Crippen molar-refractivity contribution in [2.75, 3.05) is 10.6 Å². The molecular formula is C19H15ClN6. The van der Waals surface area contributed by atoms with Gasteiger partial charge in [-0.3, -0.25) is 0 Å². The summed E-state index contributed by atoms with van der Waals surface area (Å²) in [7, 11) is 0. The highest BCUT2D eigenvalue weighted by atomic mass is 35.5. The lowest BCUT2D eigenvalue weighted by Crippen LogP contribution is -2.01. The van der Waals surface area contributed by atoms with Gasteiger partial charge in [0.25, 0.3) is 0 Å². The number of aromatic nitrogens is 4. The van der Waals surface area contributed by atoms with Crippen LogP contribution in [0, 0.1) is 6.92 Å². The lowest BCUT2D eigenvalue weighted by Gasteiger charge is -2.10. The van der Waals surface area contributed by atoms with Crippen LogP contribution in [-0.4, -0.2) is 20.2 Å². The van der Waals surface area contributed by atoms with Gasteiger partial charge < -0.3 is 10.6 Å². The fourth-order valence-electron chi connectivity index (χ4n) is 2.61. The first kappa shape index (κ1) is 16.2. The Hall–Kier alpha value is -3.25. The third kappa shape index (κ3) is 3.41. The smallest absolute Gasteiger partial charge is 0.229 e. The molecule has 0 aliphatic rings. The Kier molecular flexibility index (Phi) is 4.33. The molecule has 4 rings (SSSR count). The van der Waals surface area contributed by atoms with Gasteiger partial charge in [0.2, 0.25) is 5.95 Å². The second-order valence-electron chi connectivity index (χ2n) is 5.75. The molecule has 0 saturated carbocycles. The summed E-state index contributed by atoms with van der Waals surface area (Å²) in [5.41, 5.74) is 3.64. The Bertz CT molecular complexity index is 1070. The first-order valence-electron chi connectivity index (χ1n) is 8.03. The van der Waals surface area contributed by atoms with Crippen LogP contribution < -0.4 is 10.6 Å². The highest BCUT2D eigenvalue weighted by molar-refractivity contribution is 6.30. The van der Waals surface area contributed by atoms with E-state index in [0.29, 0.717) is 16.8 Å². The molecule has 0 unspecified atom stereocenters. The largest absolute Gasteiger partial charge is 0.338 e. The van der Waals surface area contributed by atoms with E-state index in [2.05, 4.69) is 30.8 Å². The number of rotatable bonds is 4. The molecular weight excluding hydrogens is 348 g/mol. The quantitative estimate of drug-likeness (QED) is 0.539. The van der Waals surface area contributed by atoms with Crippen molar-refractivity contribution in [1.29, 1.82) is 0 Å². The lowest BCUT2D eigenvalue weighted by molar-refractivity contribution is 1.07. The van der Waals surface area contributed by atoms with Gasteiger partial charge in [0.05, 0.1) is 17.4 Å². The number of halogens is 1. The first-order valence-corrected chi connectivity index (χ1v) is 8.40. The summed E-state index contributed by atoms with van der Waals surface area (Å²) < 4.78 is 0. The maximum Gasteiger partial charge on any atom is 0.229 e. The molecule has 0 amide bonds. The molecule has 0 atom stereocenters. The van der Waals surface area contributed by atoms with Gasteiger partial charge in [-0.15, -0.1) is 0 Å². The van der Waals surface area contributed by atoms with Gasteiger partial charge in [0, 0.05) is 22.3 Å². The number of nitrogens with one attached hydrogen (secondary N) is 2. The summed E-state index contributed by atoms with van der Waals surface area (Å²) in [6.45, 7) is 2.01. The molecule has 0 aliphatic heterocycles. The van der Waals surface area contributed by atoms with Crippen molar-refractivity contribution in [3.8, 4) is 0 Å². The molecule has 2 N–H and O–H groups in total. The third-order valence-electron chi connectivity index (χ3n) is 3.89. The van der Waals surface area contributed by atoms with Crippen LogP contribution in [0.1, 0.15) is 5.56 Å². The van der Waals surface area contributed by atoms with E-state index in [1.807, 2.05) is 49.4 Å². The van der Waals surface area contributed by atoms with Gasteiger partial charge in [-0.05, 0) is 42.8 Å². The van der Waals surface area contributed by atoms with E-state index >= 15 is 0 Å². The topological polar surface area (TPSA) is 75.6 Å². The Morgan fingerprint density at radius 3 is 2.65 bits per heavy atom. The van der Waals surface area contributed by atoms with Crippen LogP contribution in [0.5, 0.6) is 0 Å². The van der Waals surface area contributed by atoms with Gasteiger partial charge in [-0.2, -0.15) is 15.2 Å². The predicted molar refractivity (Wildman–Crippen MR) is 104 cm³/mol. The average molecular weight is 363 g/mol. The molecule has 0 spiro atoms. The Morgan fingerprint density at radius 2 is 1.81 bits per heavy atom. The van der Waals surface area contributed by atoms with Crippen LogP contribution in [0.2, 0.25) is 5.02 Å². The highest BCUT2D eigenvalue weighted by Crippen LogP contribution is 2.25. The second kappa shape index (κ2) is 6.93. The molecule has 4 aromatic rings. The van der Waals surface area contributed by atoms with E-state index in [4.69, 9.17) is 11.6 Å². The average Bonchev–Trinajstić information content (AvgIpc) is 2.65. The number of anilines is 4. The molecule has 0 bridgehead atoms. The van der Waals surface area contributed by atoms with Crippen molar-refractivity contribution in [3.63, 3.8) is 0 Å². The van der Waals surface area contributed by atoms with Crippen LogP contribution in [0.3, 0.4) is 0 Å². The minimum absolute atomic E-state index is 0.486. The SMILES string of the molecule is Cc1cccc2c(Nc3ccnc(Nc4ccc(Cl)cc4)n3)cnnc12. The van der Waals surface area contributed by atoms with Gasteiger partial charge >= 0.3 is 0 Å². The first-order chi connectivity index (χ1) is 12.7. The molecule has 0 fully saturated rings. The molecule has 2 aromatic heterocycles. The van der Waals surface area contributed by atoms with Crippen LogP contribution >= 0.6 is 11.6 Å². The Labute approximate surface area is 155 Å². The molecule has 0 aliphatic carbocycles. The van der Waals surface area contributed by atoms with E-state index in [1.54, 1.807) is 18.5 Å². The van der Waals surface area contributed by atoms with Crippen LogP contribution in [0.4, 0.5) is 23.1 Å². The number of hydrogen-bond acceptors (Lipinski definition) is 6. The summed E-state index contributed by atoms with van der Waals surface area (Å²) in [6.07, 6.45) is 3.38. The summed E-state index contributed by atoms with van der Waals surface area (Å²) in [4.78, 5) is 8.75. The van der Waals surface area contributed by atoms with Crippen molar-refractivity contribution >= 4 is 45.6 Å². The standard InChI is InChI=1S/C19H15ClN6/c1-12-3-2-4-15-16(11-22-26-18(12)15)24-17-9-10-21-19(25-17)23-14-7-5-13(20)6-8-14/h2-11H,1H3,(H2,21,23,24,25,26). The van der Waals surface area contributed by atoms with Gasteiger partial charge in [0.15, 0.2) is 0 Å². The fraction of sp³-hybridized carbons (Fsp3) is 0.0526. The van der Waals surface area contributed by atoms with Crippen molar-refractivity contribution in [1.82, 2.24) is 20.2 Å². The molecule has 0 radical (unpaired) electrons. The van der Waals surface area contributed by atoms with E-state index in [9.17, 15) is 0 Å². The summed E-state index contributed by atoms with van der Waals surface area (Å²) in [5, 5.41) is 16.4. The zero-order valence-electron chi connectivity index (χ0n) is 13.9. The summed E-state index contributed by atoms with van der Waals surface area (Å²) in [5.74, 6) is 1.15. The van der Waals surface area contributed by atoms with E-state index < -0.39 is 0 Å². The Balaban J connectivity index is 1.61. The van der Waals surface area contributed by atoms with Gasteiger partial charge in [-0.1, -0.05) is 29.8 Å². The second-order valence-corrected chi connectivity index (χ2v) is 6.19. The van der Waals surface area contributed by atoms with E-state index in [0.717, 1.165) is 27.8 Å². The van der Waals surface area contributed by atoms with Gasteiger partial charge in [0.1, 0.15) is 5.82 Å². The normalized spacial score (nSPS) is 10.7. The third-order valence-corrected chi connectivity index (χ3v) is 4.14. The number of fused-ring (bicyclic) bond motifs is 1. The number of benzene rings is 2. The fourth-order valence-corrected chi connectivity index (χ4v) is 2.74. The Morgan fingerprint density at radius 1 is 0.962 bits per heavy atom. The predicted octanol–water partition coefficient (Wildman–Crippen LogP) is 4.87. The van der Waals surface area contributed by atoms with Crippen molar-refractivity contribution < 1.29 is 0 Å². The molecule has 2 aromatic carbocycles. The van der Waals surface area contributed by atoms with E-state index in [-0.39, 0.29) is 0 Å². The minimum atomic E-state index is 0.486. The summed E-state index contributed by atoms with van der Waals surface area (Å²) in [6, 6.07) is 15.2. The zero-order chi connectivity index (χ0) is 17.9. The van der Waals surface area contributed by atoms with Crippen molar-refractivity contribution in [3.05, 3.63) is 71.5 Å². The lowest BCUT2D eigenvalue weighted by atomic mass is 10.1. The van der Waals surface area contributed by atoms with Crippen molar-refractivity contribution in [2.45, 2.75) is 6.92 Å². The molecule has 7 heteroatoms. The van der Waals surface area contributed by atoms with Crippen LogP contribution in [0.25, 0.3) is 10.9 Å². The van der Waals surface area contributed by atoms with Crippen LogP contribution in [-0.2, 0) is 0 Å².